The molecule has 1 atom stereocenters. The maximum absolute atomic E-state index is 12.9. The number of amides is 2. The third kappa shape index (κ3) is 4.31. The van der Waals surface area contributed by atoms with Crippen molar-refractivity contribution in [2.24, 2.45) is 0 Å². The van der Waals surface area contributed by atoms with Crippen LogP contribution >= 0.6 is 0 Å². The molecule has 2 amide bonds. The molecule has 0 saturated heterocycles. The van der Waals surface area contributed by atoms with Gasteiger partial charge in [-0.3, -0.25) is 9.59 Å². The maximum Gasteiger partial charge on any atom is 0.338 e. The summed E-state index contributed by atoms with van der Waals surface area (Å²) in [7, 11) is 0. The second-order valence-electron chi connectivity index (χ2n) is 6.53. The van der Waals surface area contributed by atoms with E-state index in [2.05, 4.69) is 10.6 Å². The molecule has 1 heterocycles. The van der Waals surface area contributed by atoms with Crippen molar-refractivity contribution >= 4 is 34.8 Å². The van der Waals surface area contributed by atoms with Crippen molar-refractivity contribution in [1.82, 2.24) is 0 Å². The van der Waals surface area contributed by atoms with Crippen LogP contribution in [-0.4, -0.2) is 37.0 Å². The molecule has 3 rings (SSSR count). The lowest BCUT2D eigenvalue weighted by molar-refractivity contribution is -0.118. The van der Waals surface area contributed by atoms with Crippen molar-refractivity contribution in [3.8, 4) is 0 Å². The molecule has 2 aromatic carbocycles. The van der Waals surface area contributed by atoms with E-state index in [0.29, 0.717) is 29.2 Å². The first-order chi connectivity index (χ1) is 13.5. The molecule has 2 N–H and O–H groups in total. The van der Waals surface area contributed by atoms with Gasteiger partial charge in [0, 0.05) is 18.2 Å². The summed E-state index contributed by atoms with van der Waals surface area (Å²) in [6.07, 6.45) is 0.231. The van der Waals surface area contributed by atoms with Crippen LogP contribution in [0.25, 0.3) is 0 Å². The molecular weight excluding hydrogens is 358 g/mol. The standard InChI is InChI=1S/C21H23N3O4/c1-3-28-21(27)15-8-10-16(11-9-15)22-13-20(26)24-14(2)12-19(25)23-17-6-4-5-7-18(17)24/h4-11,14,22H,3,12-13H2,1-2H3,(H,23,25)/t14-/m0/s1. The number of hydrogen-bond acceptors (Lipinski definition) is 5. The van der Waals surface area contributed by atoms with Crippen molar-refractivity contribution in [2.75, 3.05) is 28.7 Å². The highest BCUT2D eigenvalue weighted by molar-refractivity contribution is 6.05. The van der Waals surface area contributed by atoms with Gasteiger partial charge in [-0.1, -0.05) is 12.1 Å². The van der Waals surface area contributed by atoms with Crippen molar-refractivity contribution < 1.29 is 19.1 Å². The number of carbonyl (C=O) groups is 3. The fraction of sp³-hybridized carbons (Fsp3) is 0.286. The summed E-state index contributed by atoms with van der Waals surface area (Å²) >= 11 is 0. The Balaban J connectivity index is 1.70. The number of carbonyl (C=O) groups excluding carboxylic acids is 3. The molecule has 0 unspecified atom stereocenters. The Kier molecular flexibility index (Phi) is 5.93. The van der Waals surface area contributed by atoms with Crippen molar-refractivity contribution in [1.29, 1.82) is 0 Å². The topological polar surface area (TPSA) is 87.7 Å². The average Bonchev–Trinajstić information content (AvgIpc) is 2.81. The highest BCUT2D eigenvalue weighted by atomic mass is 16.5. The Bertz CT molecular complexity index is 879. The van der Waals surface area contributed by atoms with E-state index in [0.717, 1.165) is 0 Å². The van der Waals surface area contributed by atoms with Gasteiger partial charge in [0.15, 0.2) is 0 Å². The monoisotopic (exact) mass is 381 g/mol. The van der Waals surface area contributed by atoms with Crippen molar-refractivity contribution in [2.45, 2.75) is 26.3 Å². The molecule has 0 aliphatic carbocycles. The van der Waals surface area contributed by atoms with Crippen LogP contribution in [0.1, 0.15) is 30.6 Å². The molecule has 2 aromatic rings. The summed E-state index contributed by atoms with van der Waals surface area (Å²) in [5.74, 6) is -0.638. The highest BCUT2D eigenvalue weighted by Crippen LogP contribution is 2.31. The van der Waals surface area contributed by atoms with E-state index < -0.39 is 0 Å². The van der Waals surface area contributed by atoms with Gasteiger partial charge in [-0.05, 0) is 50.2 Å². The van der Waals surface area contributed by atoms with Gasteiger partial charge < -0.3 is 20.3 Å². The van der Waals surface area contributed by atoms with E-state index in [-0.39, 0.29) is 36.8 Å². The zero-order valence-corrected chi connectivity index (χ0v) is 15.9. The van der Waals surface area contributed by atoms with Crippen LogP contribution < -0.4 is 15.5 Å². The molecular formula is C21H23N3O4. The Morgan fingerprint density at radius 3 is 2.61 bits per heavy atom. The molecule has 146 valence electrons. The van der Waals surface area contributed by atoms with Gasteiger partial charge in [-0.2, -0.15) is 0 Å². The number of ether oxygens (including phenoxy) is 1. The Hall–Kier alpha value is -3.35. The smallest absolute Gasteiger partial charge is 0.338 e. The number of rotatable bonds is 5. The van der Waals surface area contributed by atoms with Crippen LogP contribution in [0.15, 0.2) is 48.5 Å². The van der Waals surface area contributed by atoms with Crippen LogP contribution in [0.5, 0.6) is 0 Å². The molecule has 0 aromatic heterocycles. The lowest BCUT2D eigenvalue weighted by Crippen LogP contribution is -2.42. The second-order valence-corrected chi connectivity index (χ2v) is 6.53. The summed E-state index contributed by atoms with van der Waals surface area (Å²) in [5.41, 5.74) is 2.49. The van der Waals surface area contributed by atoms with E-state index in [9.17, 15) is 14.4 Å². The number of esters is 1. The van der Waals surface area contributed by atoms with Gasteiger partial charge in [0.25, 0.3) is 0 Å². The third-order valence-corrected chi connectivity index (χ3v) is 4.47. The number of nitrogens with zero attached hydrogens (tertiary/aromatic N) is 1. The fourth-order valence-corrected chi connectivity index (χ4v) is 3.17. The van der Waals surface area contributed by atoms with E-state index in [1.165, 1.54) is 0 Å². The lowest BCUT2D eigenvalue weighted by Gasteiger charge is -2.28. The number of para-hydroxylation sites is 2. The van der Waals surface area contributed by atoms with Gasteiger partial charge in [0.05, 0.1) is 30.1 Å². The Labute approximate surface area is 163 Å². The fourth-order valence-electron chi connectivity index (χ4n) is 3.17. The largest absolute Gasteiger partial charge is 0.462 e. The van der Waals surface area contributed by atoms with E-state index >= 15 is 0 Å². The van der Waals surface area contributed by atoms with Crippen LogP contribution in [0, 0.1) is 0 Å². The Morgan fingerprint density at radius 2 is 1.89 bits per heavy atom. The summed E-state index contributed by atoms with van der Waals surface area (Å²) in [5, 5.41) is 5.92. The molecule has 1 aliphatic rings. The minimum absolute atomic E-state index is 0.0611. The van der Waals surface area contributed by atoms with E-state index in [1.54, 1.807) is 42.2 Å². The van der Waals surface area contributed by atoms with Gasteiger partial charge >= 0.3 is 5.97 Å². The molecule has 0 fully saturated rings. The van der Waals surface area contributed by atoms with Gasteiger partial charge in [0.1, 0.15) is 0 Å². The van der Waals surface area contributed by atoms with Crippen LogP contribution in [0.3, 0.4) is 0 Å². The van der Waals surface area contributed by atoms with E-state index in [1.807, 2.05) is 25.1 Å². The minimum Gasteiger partial charge on any atom is -0.462 e. The normalized spacial score (nSPS) is 15.9. The Morgan fingerprint density at radius 1 is 1.18 bits per heavy atom. The molecule has 28 heavy (non-hydrogen) atoms. The van der Waals surface area contributed by atoms with Crippen molar-refractivity contribution in [3.05, 3.63) is 54.1 Å². The minimum atomic E-state index is -0.378. The zero-order valence-electron chi connectivity index (χ0n) is 15.9. The average molecular weight is 381 g/mol. The van der Waals surface area contributed by atoms with Crippen molar-refractivity contribution in [3.63, 3.8) is 0 Å². The molecule has 7 heteroatoms. The predicted molar refractivity (Wildman–Crippen MR) is 108 cm³/mol. The van der Waals surface area contributed by atoms with Gasteiger partial charge in [-0.15, -0.1) is 0 Å². The molecule has 0 radical (unpaired) electrons. The molecule has 7 nitrogen and oxygen atoms in total. The number of hydrogen-bond donors (Lipinski definition) is 2. The first-order valence-electron chi connectivity index (χ1n) is 9.21. The third-order valence-electron chi connectivity index (χ3n) is 4.47. The molecule has 1 aliphatic heterocycles. The SMILES string of the molecule is CCOC(=O)c1ccc(NCC(=O)N2c3ccccc3NC(=O)C[C@@H]2C)cc1. The van der Waals surface area contributed by atoms with Gasteiger partial charge in [-0.25, -0.2) is 4.79 Å². The quantitative estimate of drug-likeness (QED) is 0.778. The van der Waals surface area contributed by atoms with E-state index in [4.69, 9.17) is 4.74 Å². The number of benzene rings is 2. The first kappa shape index (κ1) is 19.4. The van der Waals surface area contributed by atoms with Crippen LogP contribution in [-0.2, 0) is 14.3 Å². The maximum atomic E-state index is 12.9. The summed E-state index contributed by atoms with van der Waals surface area (Å²) < 4.78 is 4.96. The number of anilines is 3. The zero-order chi connectivity index (χ0) is 20.1. The summed E-state index contributed by atoms with van der Waals surface area (Å²) in [6.45, 7) is 3.99. The molecule has 0 saturated carbocycles. The predicted octanol–water partition coefficient (Wildman–Crippen LogP) is 3.04. The number of fused-ring (bicyclic) bond motifs is 1. The van der Waals surface area contributed by atoms with Crippen LogP contribution in [0.2, 0.25) is 0 Å². The van der Waals surface area contributed by atoms with Crippen LogP contribution in [0.4, 0.5) is 17.1 Å². The molecule has 0 bridgehead atoms. The highest BCUT2D eigenvalue weighted by Gasteiger charge is 2.29. The summed E-state index contributed by atoms with van der Waals surface area (Å²) in [4.78, 5) is 38.3. The molecule has 0 spiro atoms. The second kappa shape index (κ2) is 8.56. The number of nitrogens with one attached hydrogen (secondary N) is 2. The lowest BCUT2D eigenvalue weighted by atomic mass is 10.1. The summed E-state index contributed by atoms with van der Waals surface area (Å²) in [6, 6.07) is 13.8. The first-order valence-corrected chi connectivity index (χ1v) is 9.21. The van der Waals surface area contributed by atoms with Gasteiger partial charge in [0.2, 0.25) is 11.8 Å².